The minimum Gasteiger partial charge on any atom is -0.359 e. The second-order valence-electron chi connectivity index (χ2n) is 5.39. The predicted octanol–water partition coefficient (Wildman–Crippen LogP) is 3.08. The normalized spacial score (nSPS) is 13.9. The van der Waals surface area contributed by atoms with E-state index in [4.69, 9.17) is 23.2 Å². The van der Waals surface area contributed by atoms with Gasteiger partial charge < -0.3 is 4.98 Å². The van der Waals surface area contributed by atoms with E-state index in [0.29, 0.717) is 23.1 Å². The Morgan fingerprint density at radius 1 is 1.35 bits per heavy atom. The van der Waals surface area contributed by atoms with Crippen LogP contribution in [0.2, 0.25) is 5.02 Å². The first-order valence-corrected chi connectivity index (χ1v) is 8.05. The van der Waals surface area contributed by atoms with E-state index >= 15 is 0 Å². The largest absolute Gasteiger partial charge is 0.359 e. The van der Waals surface area contributed by atoms with Gasteiger partial charge in [0.1, 0.15) is 0 Å². The van der Waals surface area contributed by atoms with Gasteiger partial charge in [0, 0.05) is 30.6 Å². The lowest BCUT2D eigenvalue weighted by Gasteiger charge is -2.27. The van der Waals surface area contributed by atoms with E-state index in [2.05, 4.69) is 15.5 Å². The topological polar surface area (TPSA) is 65.4 Å². The lowest BCUT2D eigenvalue weighted by atomic mass is 10.2. The number of hydrazine groups is 1. The van der Waals surface area contributed by atoms with Gasteiger partial charge >= 0.3 is 0 Å². The number of carbonyl (C=O) groups is 1. The van der Waals surface area contributed by atoms with Crippen molar-refractivity contribution >= 4 is 40.3 Å². The van der Waals surface area contributed by atoms with Gasteiger partial charge in [0.25, 0.3) is 5.91 Å². The van der Waals surface area contributed by atoms with Crippen molar-refractivity contribution in [2.75, 3.05) is 12.0 Å². The van der Waals surface area contributed by atoms with Crippen molar-refractivity contribution in [2.24, 2.45) is 0 Å². The molecule has 1 aliphatic rings. The number of hydrogen-bond donors (Lipinski definition) is 2. The Bertz CT molecular complexity index is 901. The lowest BCUT2D eigenvalue weighted by molar-refractivity contribution is 0.0783. The van der Waals surface area contributed by atoms with Crippen LogP contribution in [0.15, 0.2) is 30.5 Å². The van der Waals surface area contributed by atoms with Crippen LogP contribution in [-0.4, -0.2) is 32.1 Å². The van der Waals surface area contributed by atoms with Crippen LogP contribution < -0.4 is 5.43 Å². The number of anilines is 1. The Labute approximate surface area is 142 Å². The molecule has 118 valence electrons. The molecular weight excluding hydrogens is 337 g/mol. The van der Waals surface area contributed by atoms with Gasteiger partial charge in [-0.25, -0.2) is 4.52 Å². The molecule has 3 aromatic rings. The molecule has 0 saturated carbocycles. The average molecular weight is 350 g/mol. The first-order chi connectivity index (χ1) is 11.1. The first kappa shape index (κ1) is 14.4. The van der Waals surface area contributed by atoms with Crippen molar-refractivity contribution in [1.29, 1.82) is 0 Å². The number of amides is 1. The van der Waals surface area contributed by atoms with Gasteiger partial charge in [0.05, 0.1) is 22.1 Å². The molecule has 2 N–H and O–H groups in total. The molecule has 4 heterocycles. The van der Waals surface area contributed by atoms with Crippen LogP contribution in [0, 0.1) is 0 Å². The smallest absolute Gasteiger partial charge is 0.292 e. The summed E-state index contributed by atoms with van der Waals surface area (Å²) in [5, 5.41) is 6.44. The van der Waals surface area contributed by atoms with E-state index < -0.39 is 0 Å². The third-order valence-corrected chi connectivity index (χ3v) is 4.34. The molecular formula is C15H13Cl2N5O. The highest BCUT2D eigenvalue weighted by molar-refractivity contribution is 6.30. The fraction of sp³-hybridized carbons (Fsp3) is 0.200. The summed E-state index contributed by atoms with van der Waals surface area (Å²) in [7, 11) is 0. The molecule has 0 atom stereocenters. The maximum Gasteiger partial charge on any atom is 0.292 e. The molecule has 0 fully saturated rings. The minimum absolute atomic E-state index is 0.177. The monoisotopic (exact) mass is 349 g/mol. The zero-order valence-corrected chi connectivity index (χ0v) is 13.5. The second-order valence-corrected chi connectivity index (χ2v) is 6.09. The van der Waals surface area contributed by atoms with Gasteiger partial charge in [-0.05, 0) is 24.3 Å². The Hall–Kier alpha value is -2.18. The molecule has 0 aromatic carbocycles. The van der Waals surface area contributed by atoms with E-state index in [1.807, 2.05) is 12.1 Å². The summed E-state index contributed by atoms with van der Waals surface area (Å²) < 4.78 is 1.60. The summed E-state index contributed by atoms with van der Waals surface area (Å²) in [5.74, 6) is 0.236. The molecule has 1 amide bonds. The predicted molar refractivity (Wildman–Crippen MR) is 88.9 cm³/mol. The molecule has 3 aromatic heterocycles. The van der Waals surface area contributed by atoms with Crippen LogP contribution >= 0.6 is 23.2 Å². The van der Waals surface area contributed by atoms with Crippen molar-refractivity contribution in [3.63, 3.8) is 0 Å². The number of aromatic nitrogens is 3. The molecule has 23 heavy (non-hydrogen) atoms. The van der Waals surface area contributed by atoms with Gasteiger partial charge in [-0.15, -0.1) is 11.6 Å². The summed E-state index contributed by atoms with van der Waals surface area (Å²) in [6, 6.07) is 7.26. The van der Waals surface area contributed by atoms with Crippen molar-refractivity contribution in [3.05, 3.63) is 52.6 Å². The van der Waals surface area contributed by atoms with Crippen molar-refractivity contribution < 1.29 is 4.79 Å². The van der Waals surface area contributed by atoms with E-state index in [0.717, 1.165) is 29.0 Å². The SMILES string of the molecule is O=C(c1cc2ccc(Cl)cn2n1)N1CCc2[nH]c(CCl)cc2N1. The standard InChI is InChI=1S/C15H13Cl2N5O/c16-7-10-5-13-12(18-10)3-4-21(19-13)15(23)14-6-11-2-1-9(17)8-22(11)20-14/h1-2,5-6,8,18-19H,3-4,7H2. The van der Waals surface area contributed by atoms with Gasteiger partial charge in [-0.1, -0.05) is 11.6 Å². The average Bonchev–Trinajstić information content (AvgIpc) is 3.16. The first-order valence-electron chi connectivity index (χ1n) is 7.14. The molecule has 6 nitrogen and oxygen atoms in total. The maximum absolute atomic E-state index is 12.7. The Morgan fingerprint density at radius 2 is 2.22 bits per heavy atom. The molecule has 0 unspecified atom stereocenters. The third-order valence-electron chi connectivity index (χ3n) is 3.83. The number of nitrogens with one attached hydrogen (secondary N) is 2. The Balaban J connectivity index is 1.61. The van der Waals surface area contributed by atoms with Crippen LogP contribution in [0.1, 0.15) is 21.9 Å². The molecule has 0 saturated heterocycles. The Morgan fingerprint density at radius 3 is 3.04 bits per heavy atom. The van der Waals surface area contributed by atoms with Crippen LogP contribution in [-0.2, 0) is 12.3 Å². The zero-order valence-electron chi connectivity index (χ0n) is 12.0. The van der Waals surface area contributed by atoms with Crippen LogP contribution in [0.25, 0.3) is 5.52 Å². The number of aromatic amines is 1. The summed E-state index contributed by atoms with van der Waals surface area (Å²) in [4.78, 5) is 15.9. The molecule has 0 aliphatic carbocycles. The minimum atomic E-state index is -0.177. The number of alkyl halides is 1. The third kappa shape index (κ3) is 2.54. The number of hydrogen-bond acceptors (Lipinski definition) is 3. The van der Waals surface area contributed by atoms with Gasteiger partial charge in [-0.3, -0.25) is 15.2 Å². The van der Waals surface area contributed by atoms with E-state index in [1.165, 1.54) is 0 Å². The maximum atomic E-state index is 12.7. The number of carbonyl (C=O) groups excluding carboxylic acids is 1. The summed E-state index contributed by atoms with van der Waals surface area (Å²) >= 11 is 11.8. The number of halogens is 2. The number of fused-ring (bicyclic) bond motifs is 2. The molecule has 0 spiro atoms. The Kier molecular flexibility index (Phi) is 3.43. The molecule has 0 radical (unpaired) electrons. The fourth-order valence-corrected chi connectivity index (χ4v) is 3.01. The van der Waals surface area contributed by atoms with Gasteiger partial charge in [-0.2, -0.15) is 5.10 Å². The molecule has 8 heteroatoms. The highest BCUT2D eigenvalue weighted by atomic mass is 35.5. The van der Waals surface area contributed by atoms with E-state index in [-0.39, 0.29) is 5.91 Å². The van der Waals surface area contributed by atoms with Crippen LogP contribution in [0.5, 0.6) is 0 Å². The molecule has 4 rings (SSSR count). The summed E-state index contributed by atoms with van der Waals surface area (Å²) in [6.45, 7) is 0.558. The summed E-state index contributed by atoms with van der Waals surface area (Å²) in [6.07, 6.45) is 2.42. The highest BCUT2D eigenvalue weighted by Gasteiger charge is 2.24. The van der Waals surface area contributed by atoms with E-state index in [1.54, 1.807) is 27.9 Å². The number of pyridine rings is 1. The quantitative estimate of drug-likeness (QED) is 0.698. The fourth-order valence-electron chi connectivity index (χ4n) is 2.71. The zero-order chi connectivity index (χ0) is 16.0. The van der Waals surface area contributed by atoms with Crippen molar-refractivity contribution in [2.45, 2.75) is 12.3 Å². The molecule has 1 aliphatic heterocycles. The van der Waals surface area contributed by atoms with Crippen molar-refractivity contribution in [3.8, 4) is 0 Å². The van der Waals surface area contributed by atoms with Gasteiger partial charge in [0.2, 0.25) is 0 Å². The van der Waals surface area contributed by atoms with Crippen LogP contribution in [0.4, 0.5) is 5.69 Å². The number of H-pyrrole nitrogens is 1. The number of rotatable bonds is 2. The van der Waals surface area contributed by atoms with E-state index in [9.17, 15) is 4.79 Å². The number of nitrogens with zero attached hydrogens (tertiary/aromatic N) is 3. The highest BCUT2D eigenvalue weighted by Crippen LogP contribution is 2.24. The van der Waals surface area contributed by atoms with Crippen LogP contribution in [0.3, 0.4) is 0 Å². The van der Waals surface area contributed by atoms with Crippen molar-refractivity contribution in [1.82, 2.24) is 19.6 Å². The second kappa shape index (κ2) is 5.47. The van der Waals surface area contributed by atoms with Gasteiger partial charge in [0.15, 0.2) is 5.69 Å². The molecule has 0 bridgehead atoms. The summed E-state index contributed by atoms with van der Waals surface area (Å²) in [5.41, 5.74) is 7.19. The lowest BCUT2D eigenvalue weighted by Crippen LogP contribution is -2.40.